The summed E-state index contributed by atoms with van der Waals surface area (Å²) < 4.78 is 5.21. The van der Waals surface area contributed by atoms with E-state index in [1.807, 2.05) is 36.4 Å². The van der Waals surface area contributed by atoms with E-state index < -0.39 is 0 Å². The minimum absolute atomic E-state index is 0.100. The van der Waals surface area contributed by atoms with Crippen LogP contribution in [0, 0.1) is 0 Å². The van der Waals surface area contributed by atoms with Gasteiger partial charge in [-0.2, -0.15) is 0 Å². The lowest BCUT2D eigenvalue weighted by Gasteiger charge is -1.99. The molecule has 0 bridgehead atoms. The Labute approximate surface area is 121 Å². The summed E-state index contributed by atoms with van der Waals surface area (Å²) in [5.41, 5.74) is 2.37. The van der Waals surface area contributed by atoms with Gasteiger partial charge in [0.25, 0.3) is 0 Å². The number of methoxy groups -OCH3 is 1. The van der Waals surface area contributed by atoms with Crippen molar-refractivity contribution >= 4 is 17.1 Å². The molecule has 5 heteroatoms. The van der Waals surface area contributed by atoms with E-state index in [2.05, 4.69) is 15.0 Å². The Kier molecular flexibility index (Phi) is 3.55. The van der Waals surface area contributed by atoms with Crippen LogP contribution in [0.4, 0.5) is 0 Å². The predicted molar refractivity (Wildman–Crippen MR) is 82.1 cm³/mol. The molecule has 0 saturated heterocycles. The lowest BCUT2D eigenvalue weighted by molar-refractivity contribution is 0.415. The van der Waals surface area contributed by atoms with Crippen molar-refractivity contribution in [2.24, 2.45) is 4.99 Å². The first-order valence-corrected chi connectivity index (χ1v) is 6.56. The minimum atomic E-state index is 0.100. The monoisotopic (exact) mass is 281 g/mol. The van der Waals surface area contributed by atoms with Crippen molar-refractivity contribution in [2.75, 3.05) is 7.11 Å². The summed E-state index contributed by atoms with van der Waals surface area (Å²) in [4.78, 5) is 11.5. The number of aromatic amines is 1. The van der Waals surface area contributed by atoms with Gasteiger partial charge in [-0.1, -0.05) is 6.07 Å². The molecule has 0 aliphatic carbocycles. The van der Waals surface area contributed by atoms with E-state index in [-0.39, 0.29) is 5.88 Å². The summed E-state index contributed by atoms with van der Waals surface area (Å²) in [6.45, 7) is 0.469. The summed E-state index contributed by atoms with van der Waals surface area (Å²) in [7, 11) is 1.61. The number of nitrogens with zero attached hydrogens (tertiary/aromatic N) is 2. The van der Waals surface area contributed by atoms with Crippen LogP contribution in [0.3, 0.4) is 0 Å². The molecule has 0 aliphatic rings. The third-order valence-corrected chi connectivity index (χ3v) is 3.22. The molecule has 2 N–H and O–H groups in total. The zero-order chi connectivity index (χ0) is 14.7. The van der Waals surface area contributed by atoms with Gasteiger partial charge in [0.15, 0.2) is 5.88 Å². The second-order valence-electron chi connectivity index (χ2n) is 4.59. The SMILES string of the molecule is COc1ccc2[nH]c(O)c(C=NCc3ccccn3)c2c1. The number of benzene rings is 1. The topological polar surface area (TPSA) is 70.5 Å². The summed E-state index contributed by atoms with van der Waals surface area (Å²) in [6, 6.07) is 11.3. The average Bonchev–Trinajstić information content (AvgIpc) is 2.83. The van der Waals surface area contributed by atoms with Crippen molar-refractivity contribution in [1.29, 1.82) is 0 Å². The number of rotatable bonds is 4. The summed E-state index contributed by atoms with van der Waals surface area (Å²) >= 11 is 0. The molecule has 3 aromatic rings. The highest BCUT2D eigenvalue weighted by atomic mass is 16.5. The Balaban J connectivity index is 1.90. The Hall–Kier alpha value is -2.82. The maximum Gasteiger partial charge on any atom is 0.198 e. The summed E-state index contributed by atoms with van der Waals surface area (Å²) in [6.07, 6.45) is 3.39. The Morgan fingerprint density at radius 2 is 2.24 bits per heavy atom. The number of H-pyrrole nitrogens is 1. The quantitative estimate of drug-likeness (QED) is 0.722. The van der Waals surface area contributed by atoms with Crippen LogP contribution in [0.1, 0.15) is 11.3 Å². The number of pyridine rings is 1. The van der Waals surface area contributed by atoms with E-state index in [4.69, 9.17) is 4.74 Å². The van der Waals surface area contributed by atoms with Crippen molar-refractivity contribution < 1.29 is 9.84 Å². The predicted octanol–water partition coefficient (Wildman–Crippen LogP) is 2.90. The molecular weight excluding hydrogens is 266 g/mol. The molecule has 5 nitrogen and oxygen atoms in total. The van der Waals surface area contributed by atoms with Crippen LogP contribution in [0.5, 0.6) is 11.6 Å². The Morgan fingerprint density at radius 1 is 1.33 bits per heavy atom. The van der Waals surface area contributed by atoms with Crippen LogP contribution >= 0.6 is 0 Å². The lowest BCUT2D eigenvalue weighted by atomic mass is 10.2. The van der Waals surface area contributed by atoms with Crippen LogP contribution in [0.25, 0.3) is 10.9 Å². The van der Waals surface area contributed by atoms with Gasteiger partial charge in [0.2, 0.25) is 0 Å². The van der Waals surface area contributed by atoms with E-state index in [1.165, 1.54) is 0 Å². The van der Waals surface area contributed by atoms with Gasteiger partial charge in [-0.3, -0.25) is 9.98 Å². The molecule has 0 radical (unpaired) electrons. The molecule has 21 heavy (non-hydrogen) atoms. The van der Waals surface area contributed by atoms with Gasteiger partial charge < -0.3 is 14.8 Å². The van der Waals surface area contributed by atoms with Crippen molar-refractivity contribution in [3.05, 3.63) is 53.9 Å². The largest absolute Gasteiger partial charge is 0.497 e. The first kappa shape index (κ1) is 13.2. The maximum atomic E-state index is 9.99. The molecule has 0 fully saturated rings. The maximum absolute atomic E-state index is 9.99. The molecule has 0 saturated carbocycles. The molecule has 3 rings (SSSR count). The molecule has 2 aromatic heterocycles. The standard InChI is InChI=1S/C16H15N3O2/c1-21-12-5-6-15-13(8-12)14(16(20)19-15)10-17-9-11-4-2-3-7-18-11/h2-8,10,19-20H,9H2,1H3. The number of aliphatic imine (C=N–C) groups is 1. The number of aromatic hydroxyl groups is 1. The molecule has 0 unspecified atom stereocenters. The molecule has 0 aliphatic heterocycles. The third-order valence-electron chi connectivity index (χ3n) is 3.22. The smallest absolute Gasteiger partial charge is 0.198 e. The van der Waals surface area contributed by atoms with Crippen LogP contribution in [-0.4, -0.2) is 28.4 Å². The number of aromatic nitrogens is 2. The molecule has 0 spiro atoms. The number of hydrogen-bond acceptors (Lipinski definition) is 4. The van der Waals surface area contributed by atoms with E-state index in [1.54, 1.807) is 19.5 Å². The van der Waals surface area contributed by atoms with Gasteiger partial charge in [0, 0.05) is 23.3 Å². The number of nitrogens with one attached hydrogen (secondary N) is 1. The summed E-state index contributed by atoms with van der Waals surface area (Å²) in [5, 5.41) is 10.9. The lowest BCUT2D eigenvalue weighted by Crippen LogP contribution is -1.87. The minimum Gasteiger partial charge on any atom is -0.497 e. The zero-order valence-electron chi connectivity index (χ0n) is 11.6. The highest BCUT2D eigenvalue weighted by Crippen LogP contribution is 2.28. The molecule has 1 aromatic carbocycles. The number of hydrogen-bond donors (Lipinski definition) is 2. The van der Waals surface area contributed by atoms with Gasteiger partial charge >= 0.3 is 0 Å². The fourth-order valence-electron chi connectivity index (χ4n) is 2.16. The molecule has 0 atom stereocenters. The first-order chi connectivity index (χ1) is 10.3. The summed E-state index contributed by atoms with van der Waals surface area (Å²) in [5.74, 6) is 0.837. The van der Waals surface area contributed by atoms with Gasteiger partial charge in [-0.05, 0) is 30.3 Å². The van der Waals surface area contributed by atoms with E-state index in [9.17, 15) is 5.11 Å². The zero-order valence-corrected chi connectivity index (χ0v) is 11.6. The van der Waals surface area contributed by atoms with Crippen LogP contribution in [0.15, 0.2) is 47.6 Å². The first-order valence-electron chi connectivity index (χ1n) is 6.56. The van der Waals surface area contributed by atoms with E-state index >= 15 is 0 Å². The van der Waals surface area contributed by atoms with Gasteiger partial charge in [-0.15, -0.1) is 0 Å². The fraction of sp³-hybridized carbons (Fsp3) is 0.125. The van der Waals surface area contributed by atoms with Crippen LogP contribution in [-0.2, 0) is 6.54 Å². The Morgan fingerprint density at radius 3 is 3.00 bits per heavy atom. The van der Waals surface area contributed by atoms with Crippen molar-refractivity contribution in [3.8, 4) is 11.6 Å². The van der Waals surface area contributed by atoms with Crippen LogP contribution < -0.4 is 4.74 Å². The van der Waals surface area contributed by atoms with Gasteiger partial charge in [-0.25, -0.2) is 0 Å². The average molecular weight is 281 g/mol. The second kappa shape index (κ2) is 5.66. The molecule has 0 amide bonds. The number of fused-ring (bicyclic) bond motifs is 1. The molecule has 2 heterocycles. The van der Waals surface area contributed by atoms with E-state index in [0.29, 0.717) is 12.1 Å². The highest BCUT2D eigenvalue weighted by molar-refractivity contribution is 6.02. The molecule has 106 valence electrons. The van der Waals surface area contributed by atoms with Crippen molar-refractivity contribution in [3.63, 3.8) is 0 Å². The Bertz CT molecular complexity index is 779. The second-order valence-corrected chi connectivity index (χ2v) is 4.59. The van der Waals surface area contributed by atoms with Crippen molar-refractivity contribution in [2.45, 2.75) is 6.54 Å². The fourth-order valence-corrected chi connectivity index (χ4v) is 2.16. The normalized spacial score (nSPS) is 11.3. The van der Waals surface area contributed by atoms with Crippen LogP contribution in [0.2, 0.25) is 0 Å². The van der Waals surface area contributed by atoms with Crippen molar-refractivity contribution in [1.82, 2.24) is 9.97 Å². The highest BCUT2D eigenvalue weighted by Gasteiger charge is 2.09. The van der Waals surface area contributed by atoms with E-state index in [0.717, 1.165) is 22.3 Å². The van der Waals surface area contributed by atoms with Gasteiger partial charge in [0.05, 0.1) is 24.9 Å². The number of ether oxygens (including phenoxy) is 1. The molecular formula is C16H15N3O2. The van der Waals surface area contributed by atoms with Gasteiger partial charge in [0.1, 0.15) is 5.75 Å². The third kappa shape index (κ3) is 2.72.